The average molecular weight is 130 g/mol. The summed E-state index contributed by atoms with van der Waals surface area (Å²) in [7, 11) is 0. The molecule has 0 heterocycles. The van der Waals surface area contributed by atoms with Crippen LogP contribution in [0.5, 0.6) is 0 Å². The molecule has 0 fully saturated rings. The maximum Gasteiger partial charge on any atom is 0.0763 e. The lowest BCUT2D eigenvalue weighted by Gasteiger charge is -1.98. The molecule has 0 aliphatic rings. The molecule has 1 N–H and O–H groups in total. The average Bonchev–Trinajstić information content (AvgIpc) is 2.03. The zero-order valence-corrected chi connectivity index (χ0v) is 5.59. The van der Waals surface area contributed by atoms with E-state index in [9.17, 15) is 0 Å². The van der Waals surface area contributed by atoms with Crippen LogP contribution in [0.15, 0.2) is 24.3 Å². The molecule has 1 nitrogen and oxygen atoms in total. The summed E-state index contributed by atoms with van der Waals surface area (Å²) >= 11 is 0. The Kier molecular flexibility index (Phi) is 2.39. The molecule has 0 unspecified atom stereocenters. The maximum atomic E-state index is 5.06. The third-order valence-corrected chi connectivity index (χ3v) is 1.11. The highest BCUT2D eigenvalue weighted by molar-refractivity contribution is 5.42. The molecule has 0 aliphatic heterocycles. The van der Waals surface area contributed by atoms with Crippen molar-refractivity contribution in [1.82, 2.24) is 0 Å². The molecule has 49 valence electrons. The first-order chi connectivity index (χ1) is 4.93. The monoisotopic (exact) mass is 130 g/mol. The second-order valence-electron chi connectivity index (χ2n) is 1.85. The number of terminal acetylenes is 1. The Hall–Kier alpha value is -1.42. The molecule has 0 aromatic heterocycles. The Bertz CT molecular complexity index is 220. The van der Waals surface area contributed by atoms with Crippen molar-refractivity contribution in [2.75, 3.05) is 11.9 Å². The zero-order valence-electron chi connectivity index (χ0n) is 5.59. The summed E-state index contributed by atoms with van der Waals surface area (Å²) in [6, 6.07) is 10.5. The van der Waals surface area contributed by atoms with E-state index in [0.717, 1.165) is 5.69 Å². The quantitative estimate of drug-likeness (QED) is 0.599. The minimum absolute atomic E-state index is 0.573. The van der Waals surface area contributed by atoms with Gasteiger partial charge < -0.3 is 5.32 Å². The molecule has 0 saturated heterocycles. The van der Waals surface area contributed by atoms with Crippen LogP contribution in [0.25, 0.3) is 0 Å². The summed E-state index contributed by atoms with van der Waals surface area (Å²) in [6.45, 7) is 0.573. The largest absolute Gasteiger partial charge is 0.374 e. The van der Waals surface area contributed by atoms with E-state index >= 15 is 0 Å². The van der Waals surface area contributed by atoms with Gasteiger partial charge in [-0.1, -0.05) is 18.1 Å². The first-order valence-corrected chi connectivity index (χ1v) is 3.07. The highest BCUT2D eigenvalue weighted by atomic mass is 14.8. The van der Waals surface area contributed by atoms with Crippen molar-refractivity contribution in [3.8, 4) is 12.3 Å². The van der Waals surface area contributed by atoms with Gasteiger partial charge in [0, 0.05) is 5.69 Å². The lowest BCUT2D eigenvalue weighted by molar-refractivity contribution is 1.38. The zero-order chi connectivity index (χ0) is 7.23. The van der Waals surface area contributed by atoms with E-state index in [4.69, 9.17) is 6.42 Å². The number of hydrogen-bond donors (Lipinski definition) is 1. The van der Waals surface area contributed by atoms with Gasteiger partial charge in [0.15, 0.2) is 0 Å². The van der Waals surface area contributed by atoms with Crippen LogP contribution in [0.2, 0.25) is 0 Å². The normalized spacial score (nSPS) is 8.30. The van der Waals surface area contributed by atoms with E-state index in [1.807, 2.05) is 24.3 Å². The van der Waals surface area contributed by atoms with Crippen LogP contribution in [0.1, 0.15) is 0 Å². The third-order valence-electron chi connectivity index (χ3n) is 1.11. The van der Waals surface area contributed by atoms with E-state index in [0.29, 0.717) is 6.54 Å². The van der Waals surface area contributed by atoms with Gasteiger partial charge in [0.2, 0.25) is 0 Å². The minimum atomic E-state index is 0.573. The van der Waals surface area contributed by atoms with Gasteiger partial charge in [0.25, 0.3) is 0 Å². The molecule has 10 heavy (non-hydrogen) atoms. The van der Waals surface area contributed by atoms with E-state index < -0.39 is 0 Å². The van der Waals surface area contributed by atoms with Crippen LogP contribution in [-0.4, -0.2) is 6.54 Å². The molecule has 0 bridgehead atoms. The number of benzene rings is 1. The summed E-state index contributed by atoms with van der Waals surface area (Å²) in [4.78, 5) is 0. The van der Waals surface area contributed by atoms with Crippen molar-refractivity contribution in [1.29, 1.82) is 0 Å². The molecule has 0 atom stereocenters. The lowest BCUT2D eigenvalue weighted by atomic mass is 10.3. The van der Waals surface area contributed by atoms with Crippen LogP contribution >= 0.6 is 0 Å². The smallest absolute Gasteiger partial charge is 0.0763 e. The fraction of sp³-hybridized carbons (Fsp3) is 0.111. The van der Waals surface area contributed by atoms with Gasteiger partial charge in [-0.3, -0.25) is 0 Å². The number of hydrogen-bond acceptors (Lipinski definition) is 1. The van der Waals surface area contributed by atoms with Crippen molar-refractivity contribution in [3.63, 3.8) is 0 Å². The van der Waals surface area contributed by atoms with Gasteiger partial charge in [-0.15, -0.1) is 6.42 Å². The molecule has 1 radical (unpaired) electrons. The van der Waals surface area contributed by atoms with Gasteiger partial charge >= 0.3 is 0 Å². The first kappa shape index (κ1) is 6.70. The predicted molar refractivity (Wildman–Crippen MR) is 42.6 cm³/mol. The van der Waals surface area contributed by atoms with Crippen LogP contribution in [-0.2, 0) is 0 Å². The van der Waals surface area contributed by atoms with E-state index in [1.54, 1.807) is 0 Å². The third kappa shape index (κ3) is 1.83. The molecular formula is C9H8N. The first-order valence-electron chi connectivity index (χ1n) is 3.07. The van der Waals surface area contributed by atoms with Crippen LogP contribution in [0, 0.1) is 18.4 Å². The Morgan fingerprint density at radius 3 is 2.80 bits per heavy atom. The van der Waals surface area contributed by atoms with Crippen molar-refractivity contribution in [2.45, 2.75) is 0 Å². The van der Waals surface area contributed by atoms with Crippen molar-refractivity contribution >= 4 is 5.69 Å². The molecule has 0 aliphatic carbocycles. The molecule has 1 aromatic carbocycles. The van der Waals surface area contributed by atoms with Crippen LogP contribution < -0.4 is 5.32 Å². The Morgan fingerprint density at radius 1 is 1.50 bits per heavy atom. The number of rotatable bonds is 2. The highest BCUT2D eigenvalue weighted by Crippen LogP contribution is 2.02. The van der Waals surface area contributed by atoms with Crippen molar-refractivity contribution in [2.24, 2.45) is 0 Å². The summed E-state index contributed by atoms with van der Waals surface area (Å²) < 4.78 is 0. The summed E-state index contributed by atoms with van der Waals surface area (Å²) in [6.07, 6.45) is 5.06. The van der Waals surface area contributed by atoms with E-state index in [2.05, 4.69) is 17.3 Å². The fourth-order valence-electron chi connectivity index (χ4n) is 0.658. The molecular weight excluding hydrogens is 122 g/mol. The maximum absolute atomic E-state index is 5.06. The van der Waals surface area contributed by atoms with Crippen molar-refractivity contribution in [3.05, 3.63) is 30.3 Å². The molecule has 1 heteroatoms. The van der Waals surface area contributed by atoms with Gasteiger partial charge in [0.05, 0.1) is 6.54 Å². The predicted octanol–water partition coefficient (Wildman–Crippen LogP) is 1.53. The molecule has 0 amide bonds. The number of nitrogens with one attached hydrogen (secondary N) is 1. The summed E-state index contributed by atoms with van der Waals surface area (Å²) in [5.74, 6) is 2.49. The minimum Gasteiger partial charge on any atom is -0.374 e. The lowest BCUT2D eigenvalue weighted by Crippen LogP contribution is -1.96. The second kappa shape index (κ2) is 3.58. The standard InChI is InChI=1S/C9H8N/c1-2-8-10-9-6-4-3-5-7-9/h1,4-7,10H,8H2. The second-order valence-corrected chi connectivity index (χ2v) is 1.85. The SMILES string of the molecule is C#CCNc1cc[c]cc1. The molecule has 1 aromatic rings. The summed E-state index contributed by atoms with van der Waals surface area (Å²) in [5, 5.41) is 3.04. The Balaban J connectivity index is 2.52. The molecule has 0 saturated carbocycles. The van der Waals surface area contributed by atoms with Crippen molar-refractivity contribution < 1.29 is 0 Å². The topological polar surface area (TPSA) is 12.0 Å². The van der Waals surface area contributed by atoms with Gasteiger partial charge in [-0.05, 0) is 18.2 Å². The van der Waals surface area contributed by atoms with Gasteiger partial charge in [0.1, 0.15) is 0 Å². The van der Waals surface area contributed by atoms with Crippen LogP contribution in [0.4, 0.5) is 5.69 Å². The van der Waals surface area contributed by atoms with E-state index in [-0.39, 0.29) is 0 Å². The van der Waals surface area contributed by atoms with Gasteiger partial charge in [-0.25, -0.2) is 0 Å². The highest BCUT2D eigenvalue weighted by Gasteiger charge is 1.83. The van der Waals surface area contributed by atoms with Gasteiger partial charge in [-0.2, -0.15) is 0 Å². The molecule has 0 spiro atoms. The Morgan fingerprint density at radius 2 is 2.20 bits per heavy atom. The Labute approximate surface area is 61.1 Å². The fourth-order valence-corrected chi connectivity index (χ4v) is 0.658. The molecule has 1 rings (SSSR count). The van der Waals surface area contributed by atoms with E-state index in [1.165, 1.54) is 0 Å². The van der Waals surface area contributed by atoms with Crippen LogP contribution in [0.3, 0.4) is 0 Å². The number of anilines is 1. The summed E-state index contributed by atoms with van der Waals surface area (Å²) in [5.41, 5.74) is 1.04.